The Morgan fingerprint density at radius 3 is 2.46 bits per heavy atom. The van der Waals surface area contributed by atoms with Crippen molar-refractivity contribution in [2.45, 2.75) is 6.42 Å². The monoisotopic (exact) mass is 342 g/mol. The molecule has 0 atom stereocenters. The number of amides is 1. The number of nitrogens with one attached hydrogen (secondary N) is 1. The number of hydrogen-bond acceptors (Lipinski definition) is 3. The predicted octanol–water partition coefficient (Wildman–Crippen LogP) is 4.29. The summed E-state index contributed by atoms with van der Waals surface area (Å²) in [6.45, 7) is 0. The minimum Gasteiger partial charge on any atom is -0.382 e. The lowest BCUT2D eigenvalue weighted by atomic mass is 10.0. The second-order valence-corrected chi connectivity index (χ2v) is 6.06. The number of aromatic nitrogens is 2. The molecule has 128 valence electrons. The third-order valence-corrected chi connectivity index (χ3v) is 4.30. The van der Waals surface area contributed by atoms with Gasteiger partial charge in [0.05, 0.1) is 5.52 Å². The van der Waals surface area contributed by atoms with Crippen LogP contribution >= 0.6 is 0 Å². The fourth-order valence-electron chi connectivity index (χ4n) is 3.03. The highest BCUT2D eigenvalue weighted by Crippen LogP contribution is 2.22. The minimum atomic E-state index is -0.335. The first kappa shape index (κ1) is 15.9. The van der Waals surface area contributed by atoms with Gasteiger partial charge in [0.25, 0.3) is 0 Å². The minimum absolute atomic E-state index is 0.335. The molecule has 5 heteroatoms. The molecule has 1 aromatic heterocycles. The van der Waals surface area contributed by atoms with Crippen molar-refractivity contribution in [3.8, 4) is 0 Å². The van der Waals surface area contributed by atoms with Crippen LogP contribution in [0.2, 0.25) is 0 Å². The molecule has 5 nitrogen and oxygen atoms in total. The maximum absolute atomic E-state index is 12.8. The zero-order chi connectivity index (χ0) is 17.9. The molecule has 1 amide bonds. The van der Waals surface area contributed by atoms with E-state index in [4.69, 9.17) is 5.73 Å². The number of nitrogen functional groups attached to an aromatic ring is 1. The number of anilines is 2. The summed E-state index contributed by atoms with van der Waals surface area (Å²) in [5.41, 5.74) is 9.60. The molecule has 0 bridgehead atoms. The van der Waals surface area contributed by atoms with Crippen LogP contribution in [0.15, 0.2) is 78.9 Å². The van der Waals surface area contributed by atoms with Crippen molar-refractivity contribution >= 4 is 28.4 Å². The number of fused-ring (bicyclic) bond motifs is 1. The molecule has 26 heavy (non-hydrogen) atoms. The Labute approximate surface area is 151 Å². The highest BCUT2D eigenvalue weighted by Gasteiger charge is 2.15. The summed E-state index contributed by atoms with van der Waals surface area (Å²) in [4.78, 5) is 12.8. The number of benzene rings is 3. The van der Waals surface area contributed by atoms with Crippen molar-refractivity contribution in [1.29, 1.82) is 0 Å². The third kappa shape index (κ3) is 3.02. The number of para-hydroxylation sites is 2. The Morgan fingerprint density at radius 1 is 0.923 bits per heavy atom. The van der Waals surface area contributed by atoms with Gasteiger partial charge in [-0.2, -0.15) is 4.68 Å². The summed E-state index contributed by atoms with van der Waals surface area (Å²) in [5, 5.41) is 7.90. The second-order valence-electron chi connectivity index (χ2n) is 6.06. The number of carbonyl (C=O) groups is 1. The molecule has 0 unspecified atom stereocenters. The maximum Gasteiger partial charge on any atom is 0.347 e. The summed E-state index contributed by atoms with van der Waals surface area (Å²) >= 11 is 0. The largest absolute Gasteiger partial charge is 0.382 e. The Hall–Kier alpha value is -3.60. The first-order chi connectivity index (χ1) is 12.7. The van der Waals surface area contributed by atoms with Gasteiger partial charge in [0.1, 0.15) is 0 Å². The van der Waals surface area contributed by atoms with Gasteiger partial charge in [-0.3, -0.25) is 0 Å². The lowest BCUT2D eigenvalue weighted by Crippen LogP contribution is -2.21. The first-order valence-electron chi connectivity index (χ1n) is 8.39. The van der Waals surface area contributed by atoms with E-state index in [0.717, 1.165) is 23.1 Å². The van der Waals surface area contributed by atoms with Crippen molar-refractivity contribution in [2.75, 3.05) is 11.1 Å². The van der Waals surface area contributed by atoms with E-state index in [9.17, 15) is 4.79 Å². The van der Waals surface area contributed by atoms with Gasteiger partial charge in [-0.25, -0.2) is 4.79 Å². The van der Waals surface area contributed by atoms with E-state index in [-0.39, 0.29) is 6.03 Å². The predicted molar refractivity (Wildman–Crippen MR) is 104 cm³/mol. The van der Waals surface area contributed by atoms with Crippen LogP contribution in [0.5, 0.6) is 0 Å². The molecule has 4 aromatic rings. The van der Waals surface area contributed by atoms with E-state index >= 15 is 0 Å². The SMILES string of the molecule is Nc1nn(C(=O)Nc2ccccc2Cc2ccccc2)c2ccccc12. The molecule has 4 rings (SSSR count). The zero-order valence-corrected chi connectivity index (χ0v) is 14.1. The van der Waals surface area contributed by atoms with Crippen LogP contribution in [0.25, 0.3) is 10.9 Å². The summed E-state index contributed by atoms with van der Waals surface area (Å²) in [6.07, 6.45) is 0.735. The van der Waals surface area contributed by atoms with Gasteiger partial charge in [0, 0.05) is 11.1 Å². The Kier molecular flexibility index (Phi) is 4.11. The van der Waals surface area contributed by atoms with Crippen LogP contribution in [0.1, 0.15) is 11.1 Å². The molecule has 1 heterocycles. The lowest BCUT2D eigenvalue weighted by Gasteiger charge is -2.11. The fraction of sp³-hybridized carbons (Fsp3) is 0.0476. The molecule has 3 aromatic carbocycles. The number of carbonyl (C=O) groups excluding carboxylic acids is 1. The average molecular weight is 342 g/mol. The summed E-state index contributed by atoms with van der Waals surface area (Å²) in [5.74, 6) is 0.341. The fourth-order valence-corrected chi connectivity index (χ4v) is 3.03. The molecule has 0 radical (unpaired) electrons. The van der Waals surface area contributed by atoms with Crippen LogP contribution < -0.4 is 11.1 Å². The van der Waals surface area contributed by atoms with Crippen molar-refractivity contribution in [3.63, 3.8) is 0 Å². The Balaban J connectivity index is 1.64. The van der Waals surface area contributed by atoms with Gasteiger partial charge in [-0.1, -0.05) is 60.7 Å². The van der Waals surface area contributed by atoms with Gasteiger partial charge >= 0.3 is 6.03 Å². The van der Waals surface area contributed by atoms with Crippen molar-refractivity contribution < 1.29 is 4.79 Å². The summed E-state index contributed by atoms with van der Waals surface area (Å²) in [7, 11) is 0. The molecule has 0 fully saturated rings. The second kappa shape index (κ2) is 6.72. The molecular weight excluding hydrogens is 324 g/mol. The highest BCUT2D eigenvalue weighted by atomic mass is 16.2. The lowest BCUT2D eigenvalue weighted by molar-refractivity contribution is 0.252. The van der Waals surface area contributed by atoms with Crippen molar-refractivity contribution in [3.05, 3.63) is 90.0 Å². The van der Waals surface area contributed by atoms with E-state index in [2.05, 4.69) is 22.5 Å². The molecule has 3 N–H and O–H groups in total. The van der Waals surface area contributed by atoms with Crippen molar-refractivity contribution in [2.24, 2.45) is 0 Å². The van der Waals surface area contributed by atoms with E-state index < -0.39 is 0 Å². The van der Waals surface area contributed by atoms with Crippen molar-refractivity contribution in [1.82, 2.24) is 9.78 Å². The summed E-state index contributed by atoms with van der Waals surface area (Å²) < 4.78 is 1.31. The van der Waals surface area contributed by atoms with Gasteiger partial charge in [-0.05, 0) is 35.7 Å². The molecule has 0 aliphatic heterocycles. The van der Waals surface area contributed by atoms with E-state index in [0.29, 0.717) is 11.3 Å². The average Bonchev–Trinajstić information content (AvgIpc) is 3.01. The molecule has 0 aliphatic rings. The van der Waals surface area contributed by atoms with Gasteiger partial charge < -0.3 is 11.1 Å². The molecule has 0 saturated heterocycles. The van der Waals surface area contributed by atoms with Crippen LogP contribution in [0.3, 0.4) is 0 Å². The van der Waals surface area contributed by atoms with E-state index in [1.54, 1.807) is 0 Å². The van der Waals surface area contributed by atoms with Crippen LogP contribution in [-0.2, 0) is 6.42 Å². The van der Waals surface area contributed by atoms with E-state index in [1.165, 1.54) is 10.2 Å². The number of nitrogens with two attached hydrogens (primary N) is 1. The standard InChI is InChI=1S/C21H18N4O/c22-20-17-11-5-7-13-19(17)25(24-20)21(26)23-18-12-6-4-10-16(18)14-15-8-2-1-3-9-15/h1-13H,14H2,(H2,22,24)(H,23,26). The highest BCUT2D eigenvalue weighted by molar-refractivity contribution is 6.00. The first-order valence-corrected chi connectivity index (χ1v) is 8.39. The van der Waals surface area contributed by atoms with Crippen LogP contribution in [0, 0.1) is 0 Å². The van der Waals surface area contributed by atoms with Gasteiger partial charge in [0.2, 0.25) is 0 Å². The molecular formula is C21H18N4O. The van der Waals surface area contributed by atoms with Gasteiger partial charge in [-0.15, -0.1) is 5.10 Å². The maximum atomic E-state index is 12.8. The Bertz CT molecular complexity index is 1070. The quantitative estimate of drug-likeness (QED) is 0.583. The normalized spacial score (nSPS) is 10.8. The Morgan fingerprint density at radius 2 is 1.62 bits per heavy atom. The summed E-state index contributed by atoms with van der Waals surface area (Å²) in [6, 6.07) is 25.0. The number of hydrogen-bond donors (Lipinski definition) is 2. The topological polar surface area (TPSA) is 72.9 Å². The molecule has 0 aliphatic carbocycles. The molecule has 0 saturated carbocycles. The van der Waals surface area contributed by atoms with Crippen LogP contribution in [-0.4, -0.2) is 15.8 Å². The zero-order valence-electron chi connectivity index (χ0n) is 14.1. The number of rotatable bonds is 3. The number of nitrogens with zero attached hydrogens (tertiary/aromatic N) is 2. The van der Waals surface area contributed by atoms with Crippen LogP contribution in [0.4, 0.5) is 16.3 Å². The third-order valence-electron chi connectivity index (χ3n) is 4.30. The smallest absolute Gasteiger partial charge is 0.347 e. The molecule has 0 spiro atoms. The van der Waals surface area contributed by atoms with Gasteiger partial charge in [0.15, 0.2) is 5.82 Å². The van der Waals surface area contributed by atoms with E-state index in [1.807, 2.05) is 66.7 Å².